The summed E-state index contributed by atoms with van der Waals surface area (Å²) in [4.78, 5) is 0. The topological polar surface area (TPSA) is 0 Å². The van der Waals surface area contributed by atoms with Crippen LogP contribution in [0.4, 0.5) is 0 Å². The second kappa shape index (κ2) is 7.60. The van der Waals surface area contributed by atoms with Gasteiger partial charge in [0.25, 0.3) is 0 Å². The maximum Gasteiger partial charge on any atom is 0.116 e. The van der Waals surface area contributed by atoms with Crippen molar-refractivity contribution in [3.8, 4) is 22.3 Å². The monoisotopic (exact) mass is 430 g/mol. The molecule has 1 heteroatoms. The predicted molar refractivity (Wildman–Crippen MR) is 140 cm³/mol. The fraction of sp³-hybridized carbons (Fsp3) is 0.226. The third-order valence-electron chi connectivity index (χ3n) is 7.92. The van der Waals surface area contributed by atoms with Gasteiger partial charge in [-0.05, 0) is 63.4 Å². The lowest BCUT2D eigenvalue weighted by molar-refractivity contribution is 0.872. The highest BCUT2D eigenvalue weighted by molar-refractivity contribution is 7.02. The summed E-state index contributed by atoms with van der Waals surface area (Å²) in [6.07, 6.45) is 4.74. The molecular weight excluding hydrogens is 400 g/mol. The van der Waals surface area contributed by atoms with E-state index in [9.17, 15) is 0 Å². The molecule has 0 atom stereocenters. The molecule has 0 spiro atoms. The van der Waals surface area contributed by atoms with E-state index in [0.717, 1.165) is 12.8 Å². The molecule has 0 N–H and O–H groups in total. The molecule has 158 valence electrons. The molecule has 4 aromatic carbocycles. The van der Waals surface area contributed by atoms with Crippen LogP contribution >= 0.6 is 0 Å². The van der Waals surface area contributed by atoms with Gasteiger partial charge in [0.1, 0.15) is 8.07 Å². The minimum Gasteiger partial charge on any atom is -0.0654 e. The fourth-order valence-corrected chi connectivity index (χ4v) is 10.9. The van der Waals surface area contributed by atoms with Crippen LogP contribution in [0, 0.1) is 0 Å². The van der Waals surface area contributed by atoms with E-state index >= 15 is 0 Å². The highest BCUT2D eigenvalue weighted by atomic mass is 28.3. The Morgan fingerprint density at radius 3 is 1.56 bits per heavy atom. The lowest BCUT2D eigenvalue weighted by Gasteiger charge is -2.33. The maximum atomic E-state index is 2.65. The fourth-order valence-electron chi connectivity index (χ4n) is 6.29. The Morgan fingerprint density at radius 1 is 0.594 bits per heavy atom. The SMILES string of the molecule is CCCC[Si](C)(c1cccc2c1Cc1ccccc1-2)c1cccc2c1Cc1ccccc1-2. The quantitative estimate of drug-likeness (QED) is 0.263. The number of hydrogen-bond donors (Lipinski definition) is 0. The van der Waals surface area contributed by atoms with Crippen LogP contribution in [0.1, 0.15) is 42.0 Å². The molecule has 4 aromatic rings. The zero-order chi connectivity index (χ0) is 21.7. The summed E-state index contributed by atoms with van der Waals surface area (Å²) < 4.78 is 0. The van der Waals surface area contributed by atoms with Crippen LogP contribution in [-0.2, 0) is 12.8 Å². The van der Waals surface area contributed by atoms with Crippen LogP contribution in [0.25, 0.3) is 22.3 Å². The standard InChI is InChI=1S/C31H30Si/c1-3-4-19-32(2,30-17-9-15-26-24-13-7-5-11-22(24)20-28(26)30)31-18-10-16-27-25-14-8-6-12-23(25)21-29(27)31/h5-18H,3-4,19-21H2,1-2H3. The van der Waals surface area contributed by atoms with Crippen LogP contribution < -0.4 is 10.4 Å². The van der Waals surface area contributed by atoms with Crippen LogP contribution in [0.2, 0.25) is 12.6 Å². The van der Waals surface area contributed by atoms with Gasteiger partial charge in [-0.2, -0.15) is 0 Å². The van der Waals surface area contributed by atoms with Gasteiger partial charge in [0.15, 0.2) is 0 Å². The molecule has 0 amide bonds. The zero-order valence-electron chi connectivity index (χ0n) is 19.1. The van der Waals surface area contributed by atoms with E-state index < -0.39 is 8.07 Å². The van der Waals surface area contributed by atoms with Crippen molar-refractivity contribution in [2.75, 3.05) is 0 Å². The summed E-state index contributed by atoms with van der Waals surface area (Å²) in [5.74, 6) is 0. The first-order valence-corrected chi connectivity index (χ1v) is 14.8. The number of rotatable bonds is 5. The summed E-state index contributed by atoms with van der Waals surface area (Å²) in [6.45, 7) is 4.99. The highest BCUT2D eigenvalue weighted by Crippen LogP contribution is 2.39. The van der Waals surface area contributed by atoms with Gasteiger partial charge in [-0.3, -0.25) is 0 Å². The van der Waals surface area contributed by atoms with Crippen LogP contribution in [0.3, 0.4) is 0 Å². The molecule has 32 heavy (non-hydrogen) atoms. The Hall–Kier alpha value is -2.90. The Kier molecular flexibility index (Phi) is 4.69. The van der Waals surface area contributed by atoms with E-state index in [4.69, 9.17) is 0 Å². The van der Waals surface area contributed by atoms with Gasteiger partial charge in [-0.15, -0.1) is 0 Å². The van der Waals surface area contributed by atoms with Crippen LogP contribution in [0.15, 0.2) is 84.9 Å². The molecule has 0 nitrogen and oxygen atoms in total. The van der Waals surface area contributed by atoms with E-state index in [1.54, 1.807) is 21.5 Å². The molecule has 0 aliphatic heterocycles. The van der Waals surface area contributed by atoms with Crippen molar-refractivity contribution in [3.05, 3.63) is 107 Å². The van der Waals surface area contributed by atoms with Crippen molar-refractivity contribution >= 4 is 18.4 Å². The average Bonchev–Trinajstić information content (AvgIpc) is 3.40. The Bertz CT molecular complexity index is 1230. The molecule has 0 unspecified atom stereocenters. The molecule has 0 heterocycles. The summed E-state index contributed by atoms with van der Waals surface area (Å²) in [7, 11) is -1.91. The molecule has 6 rings (SSSR count). The Labute approximate surface area is 193 Å². The van der Waals surface area contributed by atoms with E-state index in [0.29, 0.717) is 0 Å². The van der Waals surface area contributed by atoms with Crippen molar-refractivity contribution in [2.24, 2.45) is 0 Å². The minimum atomic E-state index is -1.91. The van der Waals surface area contributed by atoms with Crippen LogP contribution in [0.5, 0.6) is 0 Å². The summed E-state index contributed by atoms with van der Waals surface area (Å²) in [6, 6.07) is 33.7. The minimum absolute atomic E-state index is 1.09. The largest absolute Gasteiger partial charge is 0.116 e. The van der Waals surface area contributed by atoms with Crippen molar-refractivity contribution in [2.45, 2.75) is 45.2 Å². The number of unbranched alkanes of at least 4 members (excludes halogenated alkanes) is 1. The summed E-state index contributed by atoms with van der Waals surface area (Å²) in [5.41, 5.74) is 12.0. The van der Waals surface area contributed by atoms with Crippen molar-refractivity contribution in [1.29, 1.82) is 0 Å². The molecule has 2 aliphatic carbocycles. The van der Waals surface area contributed by atoms with Gasteiger partial charge in [-0.1, -0.05) is 122 Å². The van der Waals surface area contributed by atoms with Gasteiger partial charge in [-0.25, -0.2) is 0 Å². The van der Waals surface area contributed by atoms with Crippen molar-refractivity contribution < 1.29 is 0 Å². The molecule has 2 aliphatic rings. The highest BCUT2D eigenvalue weighted by Gasteiger charge is 2.38. The van der Waals surface area contributed by atoms with Gasteiger partial charge >= 0.3 is 0 Å². The summed E-state index contributed by atoms with van der Waals surface area (Å²) in [5, 5.41) is 3.34. The first kappa shape index (κ1) is 19.8. The van der Waals surface area contributed by atoms with Crippen LogP contribution in [-0.4, -0.2) is 8.07 Å². The molecule has 0 bridgehead atoms. The molecule has 0 radical (unpaired) electrons. The second-order valence-corrected chi connectivity index (χ2v) is 14.0. The van der Waals surface area contributed by atoms with Gasteiger partial charge in [0, 0.05) is 0 Å². The zero-order valence-corrected chi connectivity index (χ0v) is 20.1. The molecule has 0 fully saturated rings. The van der Waals surface area contributed by atoms with E-state index in [-0.39, 0.29) is 0 Å². The third kappa shape index (κ3) is 2.88. The van der Waals surface area contributed by atoms with E-state index in [1.807, 2.05) is 0 Å². The van der Waals surface area contributed by atoms with Gasteiger partial charge < -0.3 is 0 Å². The first-order chi connectivity index (χ1) is 15.7. The second-order valence-electron chi connectivity index (χ2n) is 9.77. The summed E-state index contributed by atoms with van der Waals surface area (Å²) >= 11 is 0. The van der Waals surface area contributed by atoms with E-state index in [2.05, 4.69) is 98.4 Å². The first-order valence-electron chi connectivity index (χ1n) is 12.1. The van der Waals surface area contributed by atoms with Crippen molar-refractivity contribution in [1.82, 2.24) is 0 Å². The molecule has 0 saturated heterocycles. The van der Waals surface area contributed by atoms with Crippen molar-refractivity contribution in [3.63, 3.8) is 0 Å². The number of hydrogen-bond acceptors (Lipinski definition) is 0. The maximum absolute atomic E-state index is 2.65. The molecule has 0 saturated carbocycles. The van der Waals surface area contributed by atoms with E-state index in [1.165, 1.54) is 52.3 Å². The molecular formula is C31H30Si. The normalized spacial score (nSPS) is 13.4. The lowest BCUT2D eigenvalue weighted by atomic mass is 10.1. The Balaban J connectivity index is 1.55. The lowest BCUT2D eigenvalue weighted by Crippen LogP contribution is -2.58. The van der Waals surface area contributed by atoms with Gasteiger partial charge in [0.05, 0.1) is 0 Å². The average molecular weight is 431 g/mol. The smallest absolute Gasteiger partial charge is 0.0654 e. The third-order valence-corrected chi connectivity index (χ3v) is 12.6. The molecule has 0 aromatic heterocycles. The predicted octanol–water partition coefficient (Wildman–Crippen LogP) is 6.82. The number of benzene rings is 4. The number of fused-ring (bicyclic) bond motifs is 6. The van der Waals surface area contributed by atoms with Gasteiger partial charge in [0.2, 0.25) is 0 Å². The Morgan fingerprint density at radius 2 is 1.06 bits per heavy atom.